The van der Waals surface area contributed by atoms with Crippen molar-refractivity contribution in [3.8, 4) is 0 Å². The number of piperazine rings is 1. The highest BCUT2D eigenvalue weighted by Gasteiger charge is 2.35. The van der Waals surface area contributed by atoms with Crippen molar-refractivity contribution in [1.29, 1.82) is 0 Å². The standard InChI is InChI=1S/C18H25F2N3O/c1-12(14-6-5-13(19)11-16(14)20)22-7-9-23(10-8-22)18(24)15-3-2-4-17(15)21/h5-6,11-12,15,17H,2-4,7-10,21H2,1H3/t12-,15-,17-/m1/s1. The van der Waals surface area contributed by atoms with Crippen LogP contribution in [-0.4, -0.2) is 47.9 Å². The van der Waals surface area contributed by atoms with E-state index < -0.39 is 11.6 Å². The van der Waals surface area contributed by atoms with Gasteiger partial charge in [-0.25, -0.2) is 8.78 Å². The zero-order valence-electron chi connectivity index (χ0n) is 14.0. The van der Waals surface area contributed by atoms with Crippen molar-refractivity contribution in [3.63, 3.8) is 0 Å². The maximum absolute atomic E-state index is 14.0. The first-order valence-corrected chi connectivity index (χ1v) is 8.70. The number of halogens is 2. The highest BCUT2D eigenvalue weighted by molar-refractivity contribution is 5.80. The van der Waals surface area contributed by atoms with Crippen LogP contribution >= 0.6 is 0 Å². The van der Waals surface area contributed by atoms with Crippen molar-refractivity contribution in [2.75, 3.05) is 26.2 Å². The molecule has 0 unspecified atom stereocenters. The maximum atomic E-state index is 14.0. The van der Waals surface area contributed by atoms with Crippen LogP contribution in [0.5, 0.6) is 0 Å². The minimum atomic E-state index is -0.563. The summed E-state index contributed by atoms with van der Waals surface area (Å²) in [6, 6.07) is 3.56. The number of benzene rings is 1. The van der Waals surface area contributed by atoms with E-state index in [4.69, 9.17) is 5.73 Å². The molecule has 6 heteroatoms. The molecule has 2 N–H and O–H groups in total. The second-order valence-electron chi connectivity index (χ2n) is 6.90. The van der Waals surface area contributed by atoms with Crippen molar-refractivity contribution in [2.45, 2.75) is 38.3 Å². The summed E-state index contributed by atoms with van der Waals surface area (Å²) >= 11 is 0. The quantitative estimate of drug-likeness (QED) is 0.921. The topological polar surface area (TPSA) is 49.6 Å². The average molecular weight is 337 g/mol. The fraction of sp³-hybridized carbons (Fsp3) is 0.611. The van der Waals surface area contributed by atoms with Crippen molar-refractivity contribution in [2.24, 2.45) is 11.7 Å². The van der Waals surface area contributed by atoms with Gasteiger partial charge < -0.3 is 10.6 Å². The Balaban J connectivity index is 1.59. The predicted octanol–water partition coefficient (Wildman–Crippen LogP) is 2.30. The van der Waals surface area contributed by atoms with Crippen LogP contribution in [-0.2, 0) is 4.79 Å². The van der Waals surface area contributed by atoms with Crippen LogP contribution in [0.1, 0.15) is 37.8 Å². The van der Waals surface area contributed by atoms with Crippen LogP contribution in [0, 0.1) is 17.6 Å². The number of rotatable bonds is 3. The third-order valence-corrected chi connectivity index (χ3v) is 5.47. The summed E-state index contributed by atoms with van der Waals surface area (Å²) in [4.78, 5) is 16.6. The second kappa shape index (κ2) is 7.15. The number of carbonyl (C=O) groups excluding carboxylic acids is 1. The van der Waals surface area contributed by atoms with Crippen molar-refractivity contribution < 1.29 is 13.6 Å². The molecule has 1 amide bonds. The molecule has 3 rings (SSSR count). The normalized spacial score (nSPS) is 26.6. The number of hydrogen-bond donors (Lipinski definition) is 1. The van der Waals surface area contributed by atoms with Gasteiger partial charge in [-0.15, -0.1) is 0 Å². The molecule has 4 nitrogen and oxygen atoms in total. The first kappa shape index (κ1) is 17.3. The number of carbonyl (C=O) groups is 1. The summed E-state index contributed by atoms with van der Waals surface area (Å²) in [5, 5.41) is 0. The Hall–Kier alpha value is -1.53. The lowest BCUT2D eigenvalue weighted by Gasteiger charge is -2.39. The first-order valence-electron chi connectivity index (χ1n) is 8.70. The van der Waals surface area contributed by atoms with E-state index in [1.807, 2.05) is 11.8 Å². The lowest BCUT2D eigenvalue weighted by atomic mass is 10.0. The molecule has 2 fully saturated rings. The second-order valence-corrected chi connectivity index (χ2v) is 6.90. The predicted molar refractivity (Wildman–Crippen MR) is 88.2 cm³/mol. The molecule has 1 aromatic carbocycles. The smallest absolute Gasteiger partial charge is 0.227 e. The molecule has 0 bridgehead atoms. The number of amides is 1. The van der Waals surface area contributed by atoms with E-state index in [9.17, 15) is 13.6 Å². The van der Waals surface area contributed by atoms with Gasteiger partial charge in [-0.05, 0) is 25.8 Å². The number of nitrogens with zero attached hydrogens (tertiary/aromatic N) is 2. The van der Waals surface area contributed by atoms with Crippen molar-refractivity contribution in [1.82, 2.24) is 9.80 Å². The van der Waals surface area contributed by atoms with Crippen LogP contribution in [0.3, 0.4) is 0 Å². The summed E-state index contributed by atoms with van der Waals surface area (Å²) < 4.78 is 27.0. The van der Waals surface area contributed by atoms with Crippen LogP contribution in [0.2, 0.25) is 0 Å². The van der Waals surface area contributed by atoms with Crippen LogP contribution in [0.15, 0.2) is 18.2 Å². The largest absolute Gasteiger partial charge is 0.340 e. The third kappa shape index (κ3) is 3.44. The molecule has 1 heterocycles. The monoisotopic (exact) mass is 337 g/mol. The molecule has 0 aromatic heterocycles. The van der Waals surface area contributed by atoms with Crippen LogP contribution in [0.25, 0.3) is 0 Å². The summed E-state index contributed by atoms with van der Waals surface area (Å²) in [5.41, 5.74) is 6.53. The lowest BCUT2D eigenvalue weighted by molar-refractivity contribution is -0.137. The Morgan fingerprint density at radius 2 is 1.92 bits per heavy atom. The molecular formula is C18H25F2N3O. The van der Waals surface area contributed by atoms with E-state index in [-0.39, 0.29) is 23.9 Å². The molecule has 0 radical (unpaired) electrons. The molecule has 1 saturated carbocycles. The fourth-order valence-electron chi connectivity index (χ4n) is 3.90. The van der Waals surface area contributed by atoms with E-state index in [0.717, 1.165) is 25.3 Å². The van der Waals surface area contributed by atoms with Gasteiger partial charge in [-0.1, -0.05) is 12.5 Å². The van der Waals surface area contributed by atoms with E-state index >= 15 is 0 Å². The van der Waals surface area contributed by atoms with Gasteiger partial charge >= 0.3 is 0 Å². The lowest BCUT2D eigenvalue weighted by Crippen LogP contribution is -2.52. The van der Waals surface area contributed by atoms with E-state index in [1.165, 1.54) is 12.1 Å². The van der Waals surface area contributed by atoms with Gasteiger partial charge in [-0.2, -0.15) is 0 Å². The number of nitrogens with two attached hydrogens (primary N) is 1. The van der Waals surface area contributed by atoms with E-state index in [1.54, 1.807) is 0 Å². The minimum absolute atomic E-state index is 0.0113. The molecule has 24 heavy (non-hydrogen) atoms. The molecule has 1 aliphatic carbocycles. The molecule has 1 saturated heterocycles. The summed E-state index contributed by atoms with van der Waals surface area (Å²) in [5.74, 6) is -0.950. The van der Waals surface area contributed by atoms with Crippen LogP contribution in [0.4, 0.5) is 8.78 Å². The zero-order valence-corrected chi connectivity index (χ0v) is 14.0. The number of hydrogen-bond acceptors (Lipinski definition) is 3. The SMILES string of the molecule is C[C@H](c1ccc(F)cc1F)N1CCN(C(=O)[C@@H]2CCC[C@H]2N)CC1. The van der Waals surface area contributed by atoms with E-state index in [0.29, 0.717) is 31.7 Å². The van der Waals surface area contributed by atoms with Gasteiger partial charge in [0.2, 0.25) is 5.91 Å². The molecule has 1 aliphatic heterocycles. The average Bonchev–Trinajstić information content (AvgIpc) is 3.00. The Kier molecular flexibility index (Phi) is 5.15. The maximum Gasteiger partial charge on any atom is 0.227 e. The van der Waals surface area contributed by atoms with Gasteiger partial charge in [0.15, 0.2) is 0 Å². The first-order chi connectivity index (χ1) is 11.5. The van der Waals surface area contributed by atoms with E-state index in [2.05, 4.69) is 4.90 Å². The van der Waals surface area contributed by atoms with Gasteiger partial charge in [0, 0.05) is 49.9 Å². The molecule has 1 aromatic rings. The van der Waals surface area contributed by atoms with Gasteiger partial charge in [0.05, 0.1) is 5.92 Å². The fourth-order valence-corrected chi connectivity index (χ4v) is 3.90. The van der Waals surface area contributed by atoms with Gasteiger partial charge in [-0.3, -0.25) is 9.69 Å². The molecule has 0 spiro atoms. The van der Waals surface area contributed by atoms with Gasteiger partial charge in [0.1, 0.15) is 11.6 Å². The Morgan fingerprint density at radius 1 is 1.21 bits per heavy atom. The summed E-state index contributed by atoms with van der Waals surface area (Å²) in [6.45, 7) is 4.56. The highest BCUT2D eigenvalue weighted by atomic mass is 19.1. The molecule has 3 atom stereocenters. The Bertz CT molecular complexity index is 602. The van der Waals surface area contributed by atoms with Crippen molar-refractivity contribution >= 4 is 5.91 Å². The molecular weight excluding hydrogens is 312 g/mol. The highest BCUT2D eigenvalue weighted by Crippen LogP contribution is 2.28. The molecule has 132 valence electrons. The Labute approximate surface area is 141 Å². The Morgan fingerprint density at radius 3 is 2.50 bits per heavy atom. The summed E-state index contributed by atoms with van der Waals surface area (Å²) in [6.07, 6.45) is 2.84. The van der Waals surface area contributed by atoms with Gasteiger partial charge in [0.25, 0.3) is 0 Å². The van der Waals surface area contributed by atoms with Crippen LogP contribution < -0.4 is 5.73 Å². The third-order valence-electron chi connectivity index (χ3n) is 5.47. The zero-order chi connectivity index (χ0) is 17.3. The minimum Gasteiger partial charge on any atom is -0.340 e. The molecule has 2 aliphatic rings. The van der Waals surface area contributed by atoms with Crippen molar-refractivity contribution in [3.05, 3.63) is 35.4 Å². The summed E-state index contributed by atoms with van der Waals surface area (Å²) in [7, 11) is 0.